The lowest BCUT2D eigenvalue weighted by Gasteiger charge is -2.30. The molecular formula is C17H20N6O. The number of likely N-dealkylation sites (tertiary alicyclic amines) is 1. The SMILES string of the molecule is Cc1nc([C@@H]2CCCN(Cc3cc(-c4ccncc4)no3)C2)n[nH]1. The van der Waals surface area contributed by atoms with Crippen LogP contribution in [0.25, 0.3) is 11.3 Å². The summed E-state index contributed by atoms with van der Waals surface area (Å²) in [4.78, 5) is 10.9. The van der Waals surface area contributed by atoms with Crippen LogP contribution in [0.4, 0.5) is 0 Å². The average Bonchev–Trinajstić information content (AvgIpc) is 3.25. The number of rotatable bonds is 4. The van der Waals surface area contributed by atoms with Crippen molar-refractivity contribution in [2.45, 2.75) is 32.2 Å². The van der Waals surface area contributed by atoms with E-state index in [2.05, 4.69) is 30.2 Å². The highest BCUT2D eigenvalue weighted by Gasteiger charge is 2.25. The lowest BCUT2D eigenvalue weighted by Crippen LogP contribution is -2.34. The molecule has 1 aliphatic heterocycles. The molecule has 3 aromatic heterocycles. The van der Waals surface area contributed by atoms with Gasteiger partial charge in [-0.15, -0.1) is 0 Å². The molecule has 1 aliphatic rings. The van der Waals surface area contributed by atoms with Crippen LogP contribution in [-0.4, -0.2) is 43.3 Å². The van der Waals surface area contributed by atoms with E-state index in [0.29, 0.717) is 5.92 Å². The standard InChI is InChI=1S/C17H20N6O/c1-12-19-17(21-20-12)14-3-2-8-23(10-14)11-15-9-16(22-24-15)13-4-6-18-7-5-13/h4-7,9,14H,2-3,8,10-11H2,1H3,(H,19,20,21)/t14-/m1/s1. The monoisotopic (exact) mass is 324 g/mol. The molecule has 1 saturated heterocycles. The van der Waals surface area contributed by atoms with Gasteiger partial charge in [-0.05, 0) is 38.4 Å². The summed E-state index contributed by atoms with van der Waals surface area (Å²) >= 11 is 0. The van der Waals surface area contributed by atoms with E-state index < -0.39 is 0 Å². The van der Waals surface area contributed by atoms with Gasteiger partial charge in [0, 0.05) is 36.5 Å². The summed E-state index contributed by atoms with van der Waals surface area (Å²) in [7, 11) is 0. The number of nitrogens with one attached hydrogen (secondary N) is 1. The third-order valence-corrected chi connectivity index (χ3v) is 4.40. The molecule has 0 radical (unpaired) electrons. The molecule has 4 heterocycles. The van der Waals surface area contributed by atoms with Gasteiger partial charge in [0.05, 0.1) is 6.54 Å². The summed E-state index contributed by atoms with van der Waals surface area (Å²) in [6.45, 7) is 4.71. The second-order valence-electron chi connectivity index (χ2n) is 6.27. The minimum atomic E-state index is 0.381. The Morgan fingerprint density at radius 2 is 2.21 bits per heavy atom. The Kier molecular flexibility index (Phi) is 4.08. The molecule has 0 saturated carbocycles. The molecule has 3 aromatic rings. The third kappa shape index (κ3) is 3.21. The number of H-pyrrole nitrogens is 1. The maximum atomic E-state index is 5.52. The number of aryl methyl sites for hydroxylation is 1. The van der Waals surface area contributed by atoms with Gasteiger partial charge in [-0.1, -0.05) is 5.16 Å². The molecule has 4 rings (SSSR count). The topological polar surface area (TPSA) is 83.7 Å². The fourth-order valence-corrected chi connectivity index (χ4v) is 3.22. The predicted octanol–water partition coefficient (Wildman–Crippen LogP) is 2.54. The van der Waals surface area contributed by atoms with Gasteiger partial charge < -0.3 is 4.52 Å². The summed E-state index contributed by atoms with van der Waals surface area (Å²) in [5.74, 6) is 3.06. The number of hydrogen-bond acceptors (Lipinski definition) is 6. The van der Waals surface area contributed by atoms with Crippen LogP contribution in [0, 0.1) is 6.92 Å². The highest BCUT2D eigenvalue weighted by Crippen LogP contribution is 2.26. The van der Waals surface area contributed by atoms with Gasteiger partial charge >= 0.3 is 0 Å². The zero-order valence-corrected chi connectivity index (χ0v) is 13.6. The van der Waals surface area contributed by atoms with Gasteiger partial charge in [0.15, 0.2) is 11.6 Å². The van der Waals surface area contributed by atoms with Gasteiger partial charge in [0.1, 0.15) is 11.5 Å². The van der Waals surface area contributed by atoms with Crippen LogP contribution in [0.2, 0.25) is 0 Å². The first-order valence-electron chi connectivity index (χ1n) is 8.25. The number of pyridine rings is 1. The number of aromatic nitrogens is 5. The van der Waals surface area contributed by atoms with E-state index in [1.54, 1.807) is 12.4 Å². The van der Waals surface area contributed by atoms with Gasteiger partial charge in [-0.2, -0.15) is 5.10 Å². The van der Waals surface area contributed by atoms with Crippen molar-refractivity contribution in [2.75, 3.05) is 13.1 Å². The molecule has 0 unspecified atom stereocenters. The Bertz CT molecular complexity index is 796. The number of hydrogen-bond donors (Lipinski definition) is 1. The summed E-state index contributed by atoms with van der Waals surface area (Å²) in [6, 6.07) is 5.88. The quantitative estimate of drug-likeness (QED) is 0.794. The zero-order chi connectivity index (χ0) is 16.4. The molecule has 24 heavy (non-hydrogen) atoms. The number of nitrogens with zero attached hydrogens (tertiary/aromatic N) is 5. The molecule has 1 N–H and O–H groups in total. The van der Waals surface area contributed by atoms with Crippen LogP contribution < -0.4 is 0 Å². The maximum absolute atomic E-state index is 5.52. The maximum Gasteiger partial charge on any atom is 0.155 e. The van der Waals surface area contributed by atoms with Gasteiger partial charge in [-0.3, -0.25) is 15.0 Å². The smallest absolute Gasteiger partial charge is 0.155 e. The van der Waals surface area contributed by atoms with E-state index in [1.165, 1.54) is 0 Å². The summed E-state index contributed by atoms with van der Waals surface area (Å²) in [5.41, 5.74) is 1.87. The van der Waals surface area contributed by atoms with Crippen LogP contribution in [-0.2, 0) is 6.54 Å². The highest BCUT2D eigenvalue weighted by molar-refractivity contribution is 5.57. The van der Waals surface area contributed by atoms with E-state index in [-0.39, 0.29) is 0 Å². The minimum absolute atomic E-state index is 0.381. The molecule has 1 atom stereocenters. The molecule has 0 aliphatic carbocycles. The molecular weight excluding hydrogens is 304 g/mol. The van der Waals surface area contributed by atoms with E-state index in [1.807, 2.05) is 25.1 Å². The van der Waals surface area contributed by atoms with Crippen molar-refractivity contribution >= 4 is 0 Å². The van der Waals surface area contributed by atoms with Crippen molar-refractivity contribution < 1.29 is 4.52 Å². The first-order chi connectivity index (χ1) is 11.8. The van der Waals surface area contributed by atoms with Crippen LogP contribution >= 0.6 is 0 Å². The highest BCUT2D eigenvalue weighted by atomic mass is 16.5. The van der Waals surface area contributed by atoms with Crippen LogP contribution in [0.3, 0.4) is 0 Å². The molecule has 7 heteroatoms. The summed E-state index contributed by atoms with van der Waals surface area (Å²) < 4.78 is 5.52. The second-order valence-corrected chi connectivity index (χ2v) is 6.27. The van der Waals surface area contributed by atoms with Gasteiger partial charge in [0.25, 0.3) is 0 Å². The van der Waals surface area contributed by atoms with Gasteiger partial charge in [0.2, 0.25) is 0 Å². The summed E-state index contributed by atoms with van der Waals surface area (Å²) in [6.07, 6.45) is 5.80. The largest absolute Gasteiger partial charge is 0.359 e. The minimum Gasteiger partial charge on any atom is -0.359 e. The second kappa shape index (κ2) is 6.52. The van der Waals surface area contributed by atoms with E-state index >= 15 is 0 Å². The number of piperidine rings is 1. The fraction of sp³-hybridized carbons (Fsp3) is 0.412. The Morgan fingerprint density at radius 1 is 1.33 bits per heavy atom. The number of aromatic amines is 1. The third-order valence-electron chi connectivity index (χ3n) is 4.40. The average molecular weight is 324 g/mol. The van der Waals surface area contributed by atoms with Crippen molar-refractivity contribution in [1.82, 2.24) is 30.2 Å². The van der Waals surface area contributed by atoms with Crippen molar-refractivity contribution in [1.29, 1.82) is 0 Å². The predicted molar refractivity (Wildman–Crippen MR) is 88.1 cm³/mol. The van der Waals surface area contributed by atoms with E-state index in [0.717, 1.165) is 61.1 Å². The Hall–Kier alpha value is -2.54. The van der Waals surface area contributed by atoms with Crippen molar-refractivity contribution in [3.8, 4) is 11.3 Å². The van der Waals surface area contributed by atoms with Crippen molar-refractivity contribution in [3.05, 3.63) is 48.0 Å². The fourth-order valence-electron chi connectivity index (χ4n) is 3.22. The first kappa shape index (κ1) is 15.0. The zero-order valence-electron chi connectivity index (χ0n) is 13.6. The lowest BCUT2D eigenvalue weighted by molar-refractivity contribution is 0.177. The Labute approximate surface area is 140 Å². The van der Waals surface area contributed by atoms with Crippen molar-refractivity contribution in [3.63, 3.8) is 0 Å². The lowest BCUT2D eigenvalue weighted by atomic mass is 9.97. The molecule has 0 spiro atoms. The van der Waals surface area contributed by atoms with Gasteiger partial charge in [-0.25, -0.2) is 4.98 Å². The molecule has 0 bridgehead atoms. The molecule has 7 nitrogen and oxygen atoms in total. The molecule has 1 fully saturated rings. The molecule has 124 valence electrons. The van der Waals surface area contributed by atoms with Crippen LogP contribution in [0.15, 0.2) is 35.1 Å². The molecule has 0 aromatic carbocycles. The van der Waals surface area contributed by atoms with Crippen LogP contribution in [0.1, 0.15) is 36.2 Å². The summed E-state index contributed by atoms with van der Waals surface area (Å²) in [5, 5.41) is 11.4. The Morgan fingerprint density at radius 3 is 3.00 bits per heavy atom. The van der Waals surface area contributed by atoms with Crippen LogP contribution in [0.5, 0.6) is 0 Å². The van der Waals surface area contributed by atoms with E-state index in [4.69, 9.17) is 4.52 Å². The Balaban J connectivity index is 1.43. The normalized spacial score (nSPS) is 18.8. The van der Waals surface area contributed by atoms with E-state index in [9.17, 15) is 0 Å². The molecule has 0 amide bonds. The van der Waals surface area contributed by atoms with Crippen molar-refractivity contribution in [2.24, 2.45) is 0 Å². The first-order valence-corrected chi connectivity index (χ1v) is 8.25.